The van der Waals surface area contributed by atoms with Gasteiger partial charge >= 0.3 is 0 Å². The van der Waals surface area contributed by atoms with E-state index in [4.69, 9.17) is 16.1 Å². The van der Waals surface area contributed by atoms with Crippen molar-refractivity contribution in [2.45, 2.75) is 18.7 Å². The molecule has 0 aliphatic carbocycles. The van der Waals surface area contributed by atoms with Crippen LogP contribution in [0.2, 0.25) is 0 Å². The van der Waals surface area contributed by atoms with E-state index in [0.717, 1.165) is 0 Å². The summed E-state index contributed by atoms with van der Waals surface area (Å²) in [7, 11) is 0. The number of aromatic nitrogens is 2. The van der Waals surface area contributed by atoms with Gasteiger partial charge in [-0.2, -0.15) is 4.98 Å². The molecular weight excluding hydrogens is 296 g/mol. The third kappa shape index (κ3) is 2.60. The molecule has 0 amide bonds. The molecule has 9 heteroatoms. The van der Waals surface area contributed by atoms with Gasteiger partial charge in [0, 0.05) is 0 Å². The molecular formula is C11H8ClF2N3O3. The van der Waals surface area contributed by atoms with Crippen LogP contribution in [0.4, 0.5) is 14.5 Å². The highest BCUT2D eigenvalue weighted by Crippen LogP contribution is 2.32. The predicted octanol–water partition coefficient (Wildman–Crippen LogP) is 3.61. The number of benzene rings is 1. The van der Waals surface area contributed by atoms with Gasteiger partial charge in [-0.3, -0.25) is 10.1 Å². The topological polar surface area (TPSA) is 82.1 Å². The lowest BCUT2D eigenvalue weighted by Crippen LogP contribution is -1.96. The first kappa shape index (κ1) is 14.3. The van der Waals surface area contributed by atoms with E-state index in [-0.39, 0.29) is 17.3 Å². The van der Waals surface area contributed by atoms with Crippen molar-refractivity contribution in [2.24, 2.45) is 0 Å². The summed E-state index contributed by atoms with van der Waals surface area (Å²) in [6, 6.07) is 1.10. The van der Waals surface area contributed by atoms with Crippen molar-refractivity contribution in [3.8, 4) is 11.5 Å². The molecule has 0 aliphatic heterocycles. The van der Waals surface area contributed by atoms with Crippen LogP contribution in [0.1, 0.15) is 24.5 Å². The summed E-state index contributed by atoms with van der Waals surface area (Å²) in [6.07, 6.45) is 0.514. The molecule has 1 unspecified atom stereocenters. The Morgan fingerprint density at radius 1 is 1.45 bits per heavy atom. The Balaban J connectivity index is 2.54. The van der Waals surface area contributed by atoms with Crippen molar-refractivity contribution in [1.29, 1.82) is 0 Å². The van der Waals surface area contributed by atoms with Crippen molar-refractivity contribution >= 4 is 17.3 Å². The van der Waals surface area contributed by atoms with E-state index in [1.165, 1.54) is 0 Å². The zero-order valence-corrected chi connectivity index (χ0v) is 10.9. The average molecular weight is 304 g/mol. The summed E-state index contributed by atoms with van der Waals surface area (Å²) in [5.41, 5.74) is -0.964. The Morgan fingerprint density at radius 2 is 2.10 bits per heavy atom. The first-order valence-electron chi connectivity index (χ1n) is 5.55. The molecule has 20 heavy (non-hydrogen) atoms. The monoisotopic (exact) mass is 303 g/mol. The second kappa shape index (κ2) is 5.49. The molecule has 1 aromatic heterocycles. The van der Waals surface area contributed by atoms with Gasteiger partial charge in [-0.05, 0) is 12.5 Å². The number of hydrogen-bond donors (Lipinski definition) is 0. The molecule has 0 radical (unpaired) electrons. The zero-order valence-electron chi connectivity index (χ0n) is 10.1. The van der Waals surface area contributed by atoms with Gasteiger partial charge in [-0.15, -0.1) is 11.6 Å². The molecule has 106 valence electrons. The van der Waals surface area contributed by atoms with Crippen molar-refractivity contribution < 1.29 is 18.2 Å². The maximum Gasteiger partial charge on any atom is 0.285 e. The number of alkyl halides is 1. The van der Waals surface area contributed by atoms with Gasteiger partial charge in [0.05, 0.1) is 16.4 Å². The van der Waals surface area contributed by atoms with Crippen LogP contribution in [0.25, 0.3) is 11.5 Å². The fourth-order valence-corrected chi connectivity index (χ4v) is 1.60. The third-order valence-electron chi connectivity index (χ3n) is 2.55. The largest absolute Gasteiger partial charge is 0.334 e. The molecule has 0 bridgehead atoms. The second-order valence-electron chi connectivity index (χ2n) is 3.87. The number of halogens is 3. The SMILES string of the molecule is CCC(Cl)c1noc(-c2cc(F)c(F)cc2[N+](=O)[O-])n1. The molecule has 1 heterocycles. The van der Waals surface area contributed by atoms with Gasteiger partial charge < -0.3 is 4.52 Å². The summed E-state index contributed by atoms with van der Waals surface area (Å²) in [5.74, 6) is -2.74. The summed E-state index contributed by atoms with van der Waals surface area (Å²) in [5, 5.41) is 13.9. The van der Waals surface area contributed by atoms with Crippen molar-refractivity contribution in [1.82, 2.24) is 10.1 Å². The van der Waals surface area contributed by atoms with E-state index in [1.54, 1.807) is 6.92 Å². The highest BCUT2D eigenvalue weighted by Gasteiger charge is 2.25. The number of nitrogens with zero attached hydrogens (tertiary/aromatic N) is 3. The van der Waals surface area contributed by atoms with Crippen LogP contribution in [0.3, 0.4) is 0 Å². The lowest BCUT2D eigenvalue weighted by molar-refractivity contribution is -0.384. The summed E-state index contributed by atoms with van der Waals surface area (Å²) in [6.45, 7) is 1.79. The van der Waals surface area contributed by atoms with E-state index < -0.39 is 27.6 Å². The Labute approximate surface area is 116 Å². The smallest absolute Gasteiger partial charge is 0.285 e. The highest BCUT2D eigenvalue weighted by atomic mass is 35.5. The Morgan fingerprint density at radius 3 is 2.70 bits per heavy atom. The van der Waals surface area contributed by atoms with Crippen LogP contribution in [0.5, 0.6) is 0 Å². The Hall–Kier alpha value is -2.09. The van der Waals surface area contributed by atoms with Gasteiger partial charge in [0.25, 0.3) is 11.6 Å². The van der Waals surface area contributed by atoms with Crippen LogP contribution in [0, 0.1) is 21.7 Å². The molecule has 2 aromatic rings. The van der Waals surface area contributed by atoms with Gasteiger partial charge in [0.15, 0.2) is 17.5 Å². The minimum atomic E-state index is -1.33. The Bertz CT molecular complexity index is 662. The summed E-state index contributed by atoms with van der Waals surface area (Å²) in [4.78, 5) is 13.9. The van der Waals surface area contributed by atoms with Crippen molar-refractivity contribution in [3.63, 3.8) is 0 Å². The van der Waals surface area contributed by atoms with E-state index in [9.17, 15) is 18.9 Å². The molecule has 0 saturated carbocycles. The zero-order chi connectivity index (χ0) is 14.9. The first-order valence-corrected chi connectivity index (χ1v) is 5.99. The number of rotatable bonds is 4. The minimum absolute atomic E-state index is 0.128. The van der Waals surface area contributed by atoms with Crippen LogP contribution in [-0.2, 0) is 0 Å². The van der Waals surface area contributed by atoms with Gasteiger partial charge in [0.1, 0.15) is 5.56 Å². The van der Waals surface area contributed by atoms with E-state index >= 15 is 0 Å². The molecule has 0 fully saturated rings. The Kier molecular flexibility index (Phi) is 3.93. The predicted molar refractivity (Wildman–Crippen MR) is 65.2 cm³/mol. The standard InChI is InChI=1S/C11H8ClF2N3O3/c1-2-6(12)10-15-11(20-16-10)5-3-7(13)8(14)4-9(5)17(18)19/h3-4,6H,2H2,1H3. The van der Waals surface area contributed by atoms with Crippen LogP contribution < -0.4 is 0 Å². The van der Waals surface area contributed by atoms with E-state index in [2.05, 4.69) is 10.1 Å². The lowest BCUT2D eigenvalue weighted by atomic mass is 10.1. The van der Waals surface area contributed by atoms with Crippen molar-refractivity contribution in [2.75, 3.05) is 0 Å². The highest BCUT2D eigenvalue weighted by molar-refractivity contribution is 6.20. The number of nitro benzene ring substituents is 1. The molecule has 2 rings (SSSR count). The van der Waals surface area contributed by atoms with Crippen LogP contribution in [-0.4, -0.2) is 15.1 Å². The summed E-state index contributed by atoms with van der Waals surface area (Å²) >= 11 is 5.90. The molecule has 1 aromatic carbocycles. The van der Waals surface area contributed by atoms with Crippen molar-refractivity contribution in [3.05, 3.63) is 39.7 Å². The molecule has 6 nitrogen and oxygen atoms in total. The van der Waals surface area contributed by atoms with Crippen LogP contribution >= 0.6 is 11.6 Å². The fourth-order valence-electron chi connectivity index (χ4n) is 1.51. The fraction of sp³-hybridized carbons (Fsp3) is 0.273. The number of nitro groups is 1. The van der Waals surface area contributed by atoms with E-state index in [1.807, 2.05) is 0 Å². The van der Waals surface area contributed by atoms with Gasteiger partial charge in [-0.25, -0.2) is 8.78 Å². The maximum atomic E-state index is 13.2. The van der Waals surface area contributed by atoms with Gasteiger partial charge in [-0.1, -0.05) is 12.1 Å². The molecule has 0 spiro atoms. The normalized spacial score (nSPS) is 12.4. The molecule has 1 atom stereocenters. The average Bonchev–Trinajstić information content (AvgIpc) is 2.89. The lowest BCUT2D eigenvalue weighted by Gasteiger charge is -1.99. The summed E-state index contributed by atoms with van der Waals surface area (Å²) < 4.78 is 31.1. The molecule has 0 N–H and O–H groups in total. The van der Waals surface area contributed by atoms with Gasteiger partial charge in [0.2, 0.25) is 0 Å². The minimum Gasteiger partial charge on any atom is -0.334 e. The first-order chi connectivity index (χ1) is 9.43. The quantitative estimate of drug-likeness (QED) is 0.489. The number of hydrogen-bond acceptors (Lipinski definition) is 5. The van der Waals surface area contributed by atoms with Crippen LogP contribution in [0.15, 0.2) is 16.7 Å². The molecule has 0 aliphatic rings. The third-order valence-corrected chi connectivity index (χ3v) is 3.05. The molecule has 0 saturated heterocycles. The van der Waals surface area contributed by atoms with E-state index in [0.29, 0.717) is 18.6 Å². The maximum absolute atomic E-state index is 13.2. The second-order valence-corrected chi connectivity index (χ2v) is 4.40.